The smallest absolute Gasteiger partial charge is 0.326 e. The minimum atomic E-state index is 0. The Morgan fingerprint density at radius 1 is 1.00 bits per heavy atom. The molecule has 1 unspecified atom stereocenters. The first kappa shape index (κ1) is 19.9. The fraction of sp³-hybridized carbons (Fsp3) is 0.409. The van der Waals surface area contributed by atoms with E-state index in [-0.39, 0.29) is 30.2 Å². The Kier molecular flexibility index (Phi) is 5.83. The zero-order valence-corrected chi connectivity index (χ0v) is 17.1. The Bertz CT molecular complexity index is 1020. The maximum atomic E-state index is 12.4. The minimum Gasteiger partial charge on any atom is -0.486 e. The van der Waals surface area contributed by atoms with E-state index in [9.17, 15) is 4.79 Å². The summed E-state index contributed by atoms with van der Waals surface area (Å²) in [5, 5.41) is 0. The van der Waals surface area contributed by atoms with Gasteiger partial charge in [0.05, 0.1) is 11.0 Å². The minimum absolute atomic E-state index is 0. The van der Waals surface area contributed by atoms with Crippen LogP contribution >= 0.6 is 12.4 Å². The van der Waals surface area contributed by atoms with Crippen LogP contribution in [0.2, 0.25) is 0 Å². The summed E-state index contributed by atoms with van der Waals surface area (Å²) in [5.41, 5.74) is 1.94. The number of piperidine rings is 1. The van der Waals surface area contributed by atoms with Gasteiger partial charge in [0, 0.05) is 32.1 Å². The number of hydrogen-bond acceptors (Lipinski definition) is 4. The number of imidazole rings is 1. The zero-order valence-electron chi connectivity index (χ0n) is 16.3. The van der Waals surface area contributed by atoms with E-state index in [4.69, 9.17) is 9.47 Å². The van der Waals surface area contributed by atoms with Gasteiger partial charge in [0.15, 0.2) is 11.5 Å². The Morgan fingerprint density at radius 3 is 2.55 bits per heavy atom. The molecule has 1 fully saturated rings. The number of aromatic nitrogens is 2. The fourth-order valence-electron chi connectivity index (χ4n) is 4.37. The molecule has 3 aromatic rings. The van der Waals surface area contributed by atoms with Crippen molar-refractivity contribution in [1.82, 2.24) is 14.5 Å². The van der Waals surface area contributed by atoms with E-state index < -0.39 is 0 Å². The number of benzene rings is 2. The maximum Gasteiger partial charge on any atom is 0.326 e. The molecule has 1 aromatic heterocycles. The van der Waals surface area contributed by atoms with Gasteiger partial charge in [0.2, 0.25) is 0 Å². The third-order valence-corrected chi connectivity index (χ3v) is 5.88. The third kappa shape index (κ3) is 4.00. The van der Waals surface area contributed by atoms with Crippen molar-refractivity contribution in [1.29, 1.82) is 0 Å². The van der Waals surface area contributed by atoms with Crippen LogP contribution in [0.1, 0.15) is 25.3 Å². The molecule has 0 radical (unpaired) electrons. The summed E-state index contributed by atoms with van der Waals surface area (Å²) >= 11 is 0. The van der Waals surface area contributed by atoms with E-state index in [0.29, 0.717) is 6.61 Å². The van der Waals surface area contributed by atoms with Crippen LogP contribution in [-0.2, 0) is 0 Å². The van der Waals surface area contributed by atoms with Crippen molar-refractivity contribution in [3.8, 4) is 11.5 Å². The number of nitrogens with one attached hydrogen (secondary N) is 1. The van der Waals surface area contributed by atoms with Crippen molar-refractivity contribution >= 4 is 23.4 Å². The first-order valence-corrected chi connectivity index (χ1v) is 10.1. The fourth-order valence-corrected chi connectivity index (χ4v) is 4.37. The number of H-pyrrole nitrogens is 1. The average Bonchev–Trinajstić information content (AvgIpc) is 3.08. The number of hydrogen-bond donors (Lipinski definition) is 1. The first-order valence-electron chi connectivity index (χ1n) is 10.1. The molecule has 1 N–H and O–H groups in total. The van der Waals surface area contributed by atoms with Crippen molar-refractivity contribution in [2.24, 2.45) is 0 Å². The van der Waals surface area contributed by atoms with Gasteiger partial charge in [-0.05, 0) is 37.1 Å². The summed E-state index contributed by atoms with van der Waals surface area (Å²) < 4.78 is 13.8. The molecule has 0 spiro atoms. The number of aromatic amines is 1. The van der Waals surface area contributed by atoms with E-state index in [1.54, 1.807) is 0 Å². The molecular formula is C22H26ClN3O3. The highest BCUT2D eigenvalue weighted by molar-refractivity contribution is 5.85. The monoisotopic (exact) mass is 415 g/mol. The lowest BCUT2D eigenvalue weighted by molar-refractivity contribution is 0.0704. The Balaban J connectivity index is 0.00000205. The van der Waals surface area contributed by atoms with E-state index in [1.807, 2.05) is 53.1 Å². The molecule has 1 saturated heterocycles. The molecule has 2 aliphatic heterocycles. The molecule has 3 heterocycles. The highest BCUT2D eigenvalue weighted by atomic mass is 35.5. The lowest BCUT2D eigenvalue weighted by Gasteiger charge is -2.34. The average molecular weight is 416 g/mol. The van der Waals surface area contributed by atoms with Crippen LogP contribution in [-0.4, -0.2) is 46.8 Å². The standard InChI is InChI=1S/C22H25N3O3.ClH/c26-22-23-18-5-1-2-6-19(18)25(22)16-9-12-24(13-10-16)14-11-17-15-27-20-7-3-4-8-21(20)28-17;/h1-8,16-17H,9-15H2,(H,23,26);1H. The molecule has 1 atom stereocenters. The van der Waals surface area contributed by atoms with E-state index in [2.05, 4.69) is 9.88 Å². The molecule has 0 amide bonds. The number of fused-ring (bicyclic) bond motifs is 2. The van der Waals surface area contributed by atoms with Gasteiger partial charge in [0.1, 0.15) is 12.7 Å². The Labute approximate surface area is 175 Å². The molecule has 0 bridgehead atoms. The van der Waals surface area contributed by atoms with Crippen molar-refractivity contribution < 1.29 is 9.47 Å². The number of likely N-dealkylation sites (tertiary alicyclic amines) is 1. The van der Waals surface area contributed by atoms with Gasteiger partial charge in [-0.3, -0.25) is 4.57 Å². The maximum absolute atomic E-state index is 12.4. The normalized spacial score (nSPS) is 19.8. The van der Waals surface area contributed by atoms with E-state index in [0.717, 1.165) is 61.4 Å². The lowest BCUT2D eigenvalue weighted by Crippen LogP contribution is -2.40. The predicted octanol–water partition coefficient (Wildman–Crippen LogP) is 3.62. The number of ether oxygens (including phenoxy) is 2. The van der Waals surface area contributed by atoms with Gasteiger partial charge < -0.3 is 19.4 Å². The molecule has 2 aliphatic rings. The van der Waals surface area contributed by atoms with Crippen LogP contribution in [0.25, 0.3) is 11.0 Å². The van der Waals surface area contributed by atoms with Crippen molar-refractivity contribution in [2.45, 2.75) is 31.4 Å². The largest absolute Gasteiger partial charge is 0.486 e. The number of halogens is 1. The predicted molar refractivity (Wildman–Crippen MR) is 115 cm³/mol. The summed E-state index contributed by atoms with van der Waals surface area (Å²) in [7, 11) is 0. The lowest BCUT2D eigenvalue weighted by atomic mass is 10.0. The number of rotatable bonds is 4. The number of para-hydroxylation sites is 4. The van der Waals surface area contributed by atoms with Crippen LogP contribution in [0.4, 0.5) is 0 Å². The molecule has 5 rings (SSSR count). The van der Waals surface area contributed by atoms with Gasteiger partial charge >= 0.3 is 5.69 Å². The summed E-state index contributed by atoms with van der Waals surface area (Å²) in [6, 6.07) is 16.1. The molecule has 6 nitrogen and oxygen atoms in total. The zero-order chi connectivity index (χ0) is 18.9. The van der Waals surface area contributed by atoms with Crippen LogP contribution < -0.4 is 15.2 Å². The molecule has 29 heavy (non-hydrogen) atoms. The molecular weight excluding hydrogens is 390 g/mol. The highest BCUT2D eigenvalue weighted by Gasteiger charge is 2.25. The van der Waals surface area contributed by atoms with Crippen molar-refractivity contribution in [3.63, 3.8) is 0 Å². The Morgan fingerprint density at radius 2 is 1.72 bits per heavy atom. The molecule has 154 valence electrons. The SMILES string of the molecule is Cl.O=c1[nH]c2ccccc2n1C1CCN(CCC2COc3ccccc3O2)CC1. The van der Waals surface area contributed by atoms with Crippen LogP contribution in [0.3, 0.4) is 0 Å². The highest BCUT2D eigenvalue weighted by Crippen LogP contribution is 2.32. The van der Waals surface area contributed by atoms with Gasteiger partial charge in [-0.1, -0.05) is 24.3 Å². The Hall–Kier alpha value is -2.44. The van der Waals surface area contributed by atoms with Crippen molar-refractivity contribution in [3.05, 3.63) is 59.0 Å². The quantitative estimate of drug-likeness (QED) is 0.707. The second kappa shape index (κ2) is 8.51. The van der Waals surface area contributed by atoms with E-state index >= 15 is 0 Å². The summed E-state index contributed by atoms with van der Waals surface area (Å²) in [6.45, 7) is 3.60. The second-order valence-electron chi connectivity index (χ2n) is 7.68. The van der Waals surface area contributed by atoms with Gasteiger partial charge in [-0.2, -0.15) is 0 Å². The van der Waals surface area contributed by atoms with Crippen LogP contribution in [0, 0.1) is 0 Å². The van der Waals surface area contributed by atoms with Gasteiger partial charge in [-0.25, -0.2) is 4.79 Å². The first-order chi connectivity index (χ1) is 13.8. The molecule has 2 aromatic carbocycles. The number of nitrogens with zero attached hydrogens (tertiary/aromatic N) is 2. The third-order valence-electron chi connectivity index (χ3n) is 5.88. The molecule has 0 aliphatic carbocycles. The van der Waals surface area contributed by atoms with E-state index in [1.165, 1.54) is 0 Å². The van der Waals surface area contributed by atoms with Gasteiger partial charge in [-0.15, -0.1) is 12.4 Å². The second-order valence-corrected chi connectivity index (χ2v) is 7.68. The van der Waals surface area contributed by atoms with Crippen molar-refractivity contribution in [2.75, 3.05) is 26.2 Å². The topological polar surface area (TPSA) is 59.5 Å². The van der Waals surface area contributed by atoms with Crippen LogP contribution in [0.5, 0.6) is 11.5 Å². The van der Waals surface area contributed by atoms with Gasteiger partial charge in [0.25, 0.3) is 0 Å². The summed E-state index contributed by atoms with van der Waals surface area (Å²) in [4.78, 5) is 17.9. The summed E-state index contributed by atoms with van der Waals surface area (Å²) in [6.07, 6.45) is 3.04. The molecule has 0 saturated carbocycles. The summed E-state index contributed by atoms with van der Waals surface area (Å²) in [5.74, 6) is 1.68. The van der Waals surface area contributed by atoms with Crippen LogP contribution in [0.15, 0.2) is 53.3 Å². The molecule has 7 heteroatoms.